The summed E-state index contributed by atoms with van der Waals surface area (Å²) in [7, 11) is 2.08. The van der Waals surface area contributed by atoms with Crippen LogP contribution in [0.1, 0.15) is 18.4 Å². The molecule has 0 unspecified atom stereocenters. The maximum Gasteiger partial charge on any atom is 0.223 e. The first kappa shape index (κ1) is 13.0. The Labute approximate surface area is 107 Å². The highest BCUT2D eigenvalue weighted by molar-refractivity contribution is 5.78. The van der Waals surface area contributed by atoms with E-state index in [1.54, 1.807) is 12.1 Å². The van der Waals surface area contributed by atoms with Crippen LogP contribution in [0.15, 0.2) is 24.3 Å². The average Bonchev–Trinajstić information content (AvgIpc) is 2.38. The van der Waals surface area contributed by atoms with E-state index in [1.807, 2.05) is 0 Å². The third kappa shape index (κ3) is 3.53. The molecular formula is C14H19FN2O. The molecule has 18 heavy (non-hydrogen) atoms. The van der Waals surface area contributed by atoms with Gasteiger partial charge in [-0.15, -0.1) is 0 Å². The lowest BCUT2D eigenvalue weighted by Crippen LogP contribution is -2.38. The Morgan fingerprint density at radius 3 is 2.56 bits per heavy atom. The number of nitrogens with one attached hydrogen (secondary N) is 1. The van der Waals surface area contributed by atoms with Crippen LogP contribution in [0.5, 0.6) is 0 Å². The van der Waals surface area contributed by atoms with Crippen molar-refractivity contribution < 1.29 is 9.18 Å². The van der Waals surface area contributed by atoms with Crippen molar-refractivity contribution in [1.29, 1.82) is 0 Å². The zero-order chi connectivity index (χ0) is 13.0. The Morgan fingerprint density at radius 1 is 1.33 bits per heavy atom. The van der Waals surface area contributed by atoms with Crippen LogP contribution in [-0.4, -0.2) is 30.9 Å². The van der Waals surface area contributed by atoms with Gasteiger partial charge in [-0.3, -0.25) is 4.79 Å². The summed E-state index contributed by atoms with van der Waals surface area (Å²) in [5.41, 5.74) is 0.928. The molecule has 1 aliphatic heterocycles. The van der Waals surface area contributed by atoms with E-state index < -0.39 is 0 Å². The minimum atomic E-state index is -0.250. The molecule has 1 aromatic carbocycles. The molecule has 1 N–H and O–H groups in total. The summed E-state index contributed by atoms with van der Waals surface area (Å²) in [6, 6.07) is 6.22. The Kier molecular flexibility index (Phi) is 4.31. The number of amides is 1. The van der Waals surface area contributed by atoms with E-state index in [0.717, 1.165) is 31.5 Å². The summed E-state index contributed by atoms with van der Waals surface area (Å²) in [6.07, 6.45) is 1.84. The summed E-state index contributed by atoms with van der Waals surface area (Å²) in [6.45, 7) is 2.44. The Bertz CT molecular complexity index is 397. The maximum absolute atomic E-state index is 12.7. The lowest BCUT2D eigenvalue weighted by molar-refractivity contribution is -0.126. The Hall–Kier alpha value is -1.42. The summed E-state index contributed by atoms with van der Waals surface area (Å²) in [5.74, 6) is -0.00512. The molecule has 1 saturated heterocycles. The second-order valence-corrected chi connectivity index (χ2v) is 4.92. The topological polar surface area (TPSA) is 32.3 Å². The van der Waals surface area contributed by atoms with E-state index in [4.69, 9.17) is 0 Å². The molecule has 1 heterocycles. The quantitative estimate of drug-likeness (QED) is 0.887. The summed E-state index contributed by atoms with van der Waals surface area (Å²) >= 11 is 0. The molecule has 98 valence electrons. The fourth-order valence-corrected chi connectivity index (χ4v) is 2.21. The molecule has 1 aliphatic rings. The predicted octanol–water partition coefficient (Wildman–Crippen LogP) is 1.78. The monoisotopic (exact) mass is 250 g/mol. The van der Waals surface area contributed by atoms with E-state index in [-0.39, 0.29) is 17.6 Å². The van der Waals surface area contributed by atoms with Gasteiger partial charge in [0.1, 0.15) is 5.82 Å². The molecular weight excluding hydrogens is 231 g/mol. The minimum Gasteiger partial charge on any atom is -0.352 e. The molecule has 0 bridgehead atoms. The Balaban J connectivity index is 1.79. The summed E-state index contributed by atoms with van der Waals surface area (Å²) in [5, 5.41) is 2.92. The van der Waals surface area contributed by atoms with Crippen molar-refractivity contribution in [1.82, 2.24) is 10.2 Å². The zero-order valence-corrected chi connectivity index (χ0v) is 10.7. The standard InChI is InChI=1S/C14H19FN2O/c1-17-8-6-12(7-9-17)14(18)16-10-11-2-4-13(15)5-3-11/h2-5,12H,6-10H2,1H3,(H,16,18). The number of piperidine rings is 1. The molecule has 1 fully saturated rings. The van der Waals surface area contributed by atoms with E-state index in [9.17, 15) is 9.18 Å². The highest BCUT2D eigenvalue weighted by atomic mass is 19.1. The zero-order valence-electron chi connectivity index (χ0n) is 10.7. The van der Waals surface area contributed by atoms with Crippen molar-refractivity contribution in [2.75, 3.05) is 20.1 Å². The van der Waals surface area contributed by atoms with Gasteiger partial charge in [0, 0.05) is 12.5 Å². The third-order valence-electron chi connectivity index (χ3n) is 3.47. The fourth-order valence-electron chi connectivity index (χ4n) is 2.21. The highest BCUT2D eigenvalue weighted by Gasteiger charge is 2.22. The van der Waals surface area contributed by atoms with Gasteiger partial charge in [-0.05, 0) is 50.7 Å². The molecule has 2 rings (SSSR count). The van der Waals surface area contributed by atoms with Gasteiger partial charge in [0.2, 0.25) is 5.91 Å². The molecule has 0 atom stereocenters. The van der Waals surface area contributed by atoms with Gasteiger partial charge in [0.25, 0.3) is 0 Å². The SMILES string of the molecule is CN1CCC(C(=O)NCc2ccc(F)cc2)CC1. The first-order chi connectivity index (χ1) is 8.65. The van der Waals surface area contributed by atoms with E-state index in [0.29, 0.717) is 6.54 Å². The van der Waals surface area contributed by atoms with Crippen molar-refractivity contribution in [2.24, 2.45) is 5.92 Å². The van der Waals surface area contributed by atoms with Gasteiger partial charge < -0.3 is 10.2 Å². The largest absolute Gasteiger partial charge is 0.352 e. The maximum atomic E-state index is 12.7. The van der Waals surface area contributed by atoms with Gasteiger partial charge in [-0.2, -0.15) is 0 Å². The first-order valence-electron chi connectivity index (χ1n) is 6.36. The van der Waals surface area contributed by atoms with Gasteiger partial charge in [0.15, 0.2) is 0 Å². The van der Waals surface area contributed by atoms with Crippen molar-refractivity contribution in [3.05, 3.63) is 35.6 Å². The summed E-state index contributed by atoms with van der Waals surface area (Å²) < 4.78 is 12.7. The molecule has 1 aromatic rings. The van der Waals surface area contributed by atoms with Crippen LogP contribution >= 0.6 is 0 Å². The van der Waals surface area contributed by atoms with Gasteiger partial charge in [-0.1, -0.05) is 12.1 Å². The smallest absolute Gasteiger partial charge is 0.223 e. The van der Waals surface area contributed by atoms with Crippen molar-refractivity contribution >= 4 is 5.91 Å². The predicted molar refractivity (Wildman–Crippen MR) is 68.5 cm³/mol. The van der Waals surface area contributed by atoms with Crippen LogP contribution < -0.4 is 5.32 Å². The van der Waals surface area contributed by atoms with Gasteiger partial charge in [-0.25, -0.2) is 4.39 Å². The average molecular weight is 250 g/mol. The van der Waals surface area contributed by atoms with Crippen LogP contribution in [0.3, 0.4) is 0 Å². The van der Waals surface area contributed by atoms with Crippen LogP contribution in [0.25, 0.3) is 0 Å². The van der Waals surface area contributed by atoms with Crippen molar-refractivity contribution in [3.8, 4) is 0 Å². The molecule has 4 heteroatoms. The molecule has 0 radical (unpaired) electrons. The lowest BCUT2D eigenvalue weighted by atomic mass is 9.96. The van der Waals surface area contributed by atoms with Crippen LogP contribution in [0, 0.1) is 11.7 Å². The number of nitrogens with zero attached hydrogens (tertiary/aromatic N) is 1. The second kappa shape index (κ2) is 5.96. The molecule has 3 nitrogen and oxygen atoms in total. The molecule has 0 saturated carbocycles. The molecule has 1 amide bonds. The third-order valence-corrected chi connectivity index (χ3v) is 3.47. The van der Waals surface area contributed by atoms with Gasteiger partial charge >= 0.3 is 0 Å². The van der Waals surface area contributed by atoms with Gasteiger partial charge in [0.05, 0.1) is 0 Å². The number of hydrogen-bond acceptors (Lipinski definition) is 2. The molecule has 0 aromatic heterocycles. The first-order valence-corrected chi connectivity index (χ1v) is 6.36. The van der Waals surface area contributed by atoms with E-state index in [2.05, 4.69) is 17.3 Å². The molecule has 0 spiro atoms. The highest BCUT2D eigenvalue weighted by Crippen LogP contribution is 2.16. The number of carbonyl (C=O) groups excluding carboxylic acids is 1. The fraction of sp³-hybridized carbons (Fsp3) is 0.500. The van der Waals surface area contributed by atoms with Crippen molar-refractivity contribution in [2.45, 2.75) is 19.4 Å². The van der Waals surface area contributed by atoms with Crippen molar-refractivity contribution in [3.63, 3.8) is 0 Å². The second-order valence-electron chi connectivity index (χ2n) is 4.92. The van der Waals surface area contributed by atoms with Crippen LogP contribution in [0.2, 0.25) is 0 Å². The number of benzene rings is 1. The van der Waals surface area contributed by atoms with Crippen LogP contribution in [0.4, 0.5) is 4.39 Å². The number of carbonyl (C=O) groups is 1. The van der Waals surface area contributed by atoms with Crippen LogP contribution in [-0.2, 0) is 11.3 Å². The lowest BCUT2D eigenvalue weighted by Gasteiger charge is -2.28. The number of rotatable bonds is 3. The number of halogens is 1. The number of hydrogen-bond donors (Lipinski definition) is 1. The summed E-state index contributed by atoms with van der Waals surface area (Å²) in [4.78, 5) is 14.2. The molecule has 0 aliphatic carbocycles. The van der Waals surface area contributed by atoms with E-state index in [1.165, 1.54) is 12.1 Å². The normalized spacial score (nSPS) is 17.7. The number of likely N-dealkylation sites (tertiary alicyclic amines) is 1. The minimum absolute atomic E-state index is 0.118. The Morgan fingerprint density at radius 2 is 1.94 bits per heavy atom. The van der Waals surface area contributed by atoms with E-state index >= 15 is 0 Å².